The van der Waals surface area contributed by atoms with Gasteiger partial charge in [0.05, 0.1) is 11.0 Å². The van der Waals surface area contributed by atoms with Gasteiger partial charge in [-0.3, -0.25) is 0 Å². The third-order valence-electron chi connectivity index (χ3n) is 3.13. The van der Waals surface area contributed by atoms with Crippen molar-refractivity contribution in [1.29, 1.82) is 0 Å². The third kappa shape index (κ3) is 2.71. The van der Waals surface area contributed by atoms with Crippen LogP contribution in [-0.4, -0.2) is 16.5 Å². The number of imidazole rings is 1. The maximum atomic E-state index is 13.1. The molecule has 0 saturated heterocycles. The van der Waals surface area contributed by atoms with Crippen molar-refractivity contribution in [2.45, 2.75) is 6.42 Å². The Kier molecular flexibility index (Phi) is 3.25. The molecule has 0 unspecified atom stereocenters. The maximum absolute atomic E-state index is 13.1. The summed E-state index contributed by atoms with van der Waals surface area (Å²) >= 11 is 0. The summed E-state index contributed by atoms with van der Waals surface area (Å²) in [6, 6.07) is 12.3. The van der Waals surface area contributed by atoms with E-state index in [4.69, 9.17) is 5.73 Å². The lowest BCUT2D eigenvalue weighted by Gasteiger charge is -2.03. The summed E-state index contributed by atoms with van der Waals surface area (Å²) in [6.45, 7) is 0.742. The van der Waals surface area contributed by atoms with Crippen LogP contribution in [0.2, 0.25) is 0 Å². The number of rotatable bonds is 4. The second-order valence-corrected chi connectivity index (χ2v) is 4.67. The van der Waals surface area contributed by atoms with Crippen LogP contribution in [-0.2, 0) is 6.42 Å². The number of hydrogen-bond donors (Lipinski definition) is 3. The second-order valence-electron chi connectivity index (χ2n) is 4.67. The SMILES string of the molecule is Nc1ccc(CCNc2nc3ccc(F)cc3[nH]2)cc1. The summed E-state index contributed by atoms with van der Waals surface area (Å²) in [5.74, 6) is 0.385. The number of nitrogens with one attached hydrogen (secondary N) is 2. The van der Waals surface area contributed by atoms with Crippen molar-refractivity contribution in [3.63, 3.8) is 0 Å². The van der Waals surface area contributed by atoms with Crippen molar-refractivity contribution in [1.82, 2.24) is 9.97 Å². The summed E-state index contributed by atoms with van der Waals surface area (Å²) in [5, 5.41) is 3.20. The van der Waals surface area contributed by atoms with Gasteiger partial charge in [0.25, 0.3) is 0 Å². The van der Waals surface area contributed by atoms with Crippen LogP contribution in [0, 0.1) is 5.82 Å². The van der Waals surface area contributed by atoms with Gasteiger partial charge in [0.1, 0.15) is 5.82 Å². The molecule has 5 heteroatoms. The molecule has 0 saturated carbocycles. The minimum absolute atomic E-state index is 0.269. The zero-order chi connectivity index (χ0) is 13.9. The van der Waals surface area contributed by atoms with Crippen LogP contribution in [0.5, 0.6) is 0 Å². The van der Waals surface area contributed by atoms with E-state index in [1.54, 1.807) is 6.07 Å². The summed E-state index contributed by atoms with van der Waals surface area (Å²) in [4.78, 5) is 7.40. The highest BCUT2D eigenvalue weighted by Crippen LogP contribution is 2.15. The van der Waals surface area contributed by atoms with E-state index >= 15 is 0 Å². The third-order valence-corrected chi connectivity index (χ3v) is 3.13. The normalized spacial score (nSPS) is 10.8. The lowest BCUT2D eigenvalue weighted by Crippen LogP contribution is -2.06. The maximum Gasteiger partial charge on any atom is 0.201 e. The van der Waals surface area contributed by atoms with Crippen LogP contribution in [0.25, 0.3) is 11.0 Å². The molecule has 0 aliphatic rings. The Morgan fingerprint density at radius 3 is 2.75 bits per heavy atom. The fourth-order valence-corrected chi connectivity index (χ4v) is 2.08. The van der Waals surface area contributed by atoms with Crippen molar-refractivity contribution in [3.05, 3.63) is 53.8 Å². The van der Waals surface area contributed by atoms with Gasteiger partial charge in [0.15, 0.2) is 0 Å². The first-order valence-electron chi connectivity index (χ1n) is 6.44. The molecule has 1 aromatic heterocycles. The van der Waals surface area contributed by atoms with Gasteiger partial charge in [-0.1, -0.05) is 12.1 Å². The smallest absolute Gasteiger partial charge is 0.201 e. The average molecular weight is 270 g/mol. The lowest BCUT2D eigenvalue weighted by molar-refractivity contribution is 0.629. The number of fused-ring (bicyclic) bond motifs is 1. The number of H-pyrrole nitrogens is 1. The summed E-state index contributed by atoms with van der Waals surface area (Å²) in [6.07, 6.45) is 0.867. The van der Waals surface area contributed by atoms with Gasteiger partial charge in [-0.2, -0.15) is 0 Å². The van der Waals surface area contributed by atoms with Crippen molar-refractivity contribution >= 4 is 22.7 Å². The summed E-state index contributed by atoms with van der Waals surface area (Å²) in [7, 11) is 0. The number of aromatic nitrogens is 2. The van der Waals surface area contributed by atoms with Crippen LogP contribution < -0.4 is 11.1 Å². The largest absolute Gasteiger partial charge is 0.399 e. The number of halogens is 1. The molecule has 0 bridgehead atoms. The van der Waals surface area contributed by atoms with E-state index in [-0.39, 0.29) is 5.82 Å². The number of nitrogens with two attached hydrogens (primary N) is 1. The highest BCUT2D eigenvalue weighted by molar-refractivity contribution is 5.77. The van der Waals surface area contributed by atoms with Crippen LogP contribution in [0.3, 0.4) is 0 Å². The van der Waals surface area contributed by atoms with Gasteiger partial charge in [-0.05, 0) is 42.3 Å². The molecule has 0 amide bonds. The van der Waals surface area contributed by atoms with Crippen molar-refractivity contribution in [2.24, 2.45) is 0 Å². The summed E-state index contributed by atoms with van der Waals surface area (Å²) < 4.78 is 13.1. The Morgan fingerprint density at radius 1 is 1.15 bits per heavy atom. The highest BCUT2D eigenvalue weighted by Gasteiger charge is 2.03. The molecule has 0 aliphatic heterocycles. The quantitative estimate of drug-likeness (QED) is 0.638. The Balaban J connectivity index is 1.63. The van der Waals surface area contributed by atoms with E-state index < -0.39 is 0 Å². The van der Waals surface area contributed by atoms with Crippen molar-refractivity contribution in [3.8, 4) is 0 Å². The topological polar surface area (TPSA) is 66.7 Å². The molecule has 0 atom stereocenters. The number of nitrogens with zero attached hydrogens (tertiary/aromatic N) is 1. The fraction of sp³-hybridized carbons (Fsp3) is 0.133. The van der Waals surface area contributed by atoms with Gasteiger partial charge < -0.3 is 16.0 Å². The molecule has 0 radical (unpaired) electrons. The van der Waals surface area contributed by atoms with Gasteiger partial charge in [0.2, 0.25) is 5.95 Å². The van der Waals surface area contributed by atoms with E-state index in [0.717, 1.165) is 24.2 Å². The number of anilines is 2. The standard InChI is InChI=1S/C15H15FN4/c16-11-3-6-13-14(9-11)20-15(19-13)18-8-7-10-1-4-12(17)5-2-10/h1-6,9H,7-8,17H2,(H2,18,19,20). The highest BCUT2D eigenvalue weighted by atomic mass is 19.1. The van der Waals surface area contributed by atoms with E-state index in [2.05, 4.69) is 15.3 Å². The van der Waals surface area contributed by atoms with E-state index in [0.29, 0.717) is 11.5 Å². The van der Waals surface area contributed by atoms with E-state index in [9.17, 15) is 4.39 Å². The second kappa shape index (κ2) is 5.21. The molecule has 2 aromatic carbocycles. The first kappa shape index (κ1) is 12.5. The molecule has 0 fully saturated rings. The Labute approximate surface area is 115 Å². The van der Waals surface area contributed by atoms with Crippen LogP contribution in [0.4, 0.5) is 16.0 Å². The van der Waals surface area contributed by atoms with Gasteiger partial charge in [-0.25, -0.2) is 9.37 Å². The first-order chi connectivity index (χ1) is 9.70. The van der Waals surface area contributed by atoms with Crippen molar-refractivity contribution in [2.75, 3.05) is 17.6 Å². The fourth-order valence-electron chi connectivity index (χ4n) is 2.08. The molecule has 1 heterocycles. The minimum Gasteiger partial charge on any atom is -0.399 e. The van der Waals surface area contributed by atoms with Gasteiger partial charge in [0, 0.05) is 12.2 Å². The molecule has 0 aliphatic carbocycles. The predicted molar refractivity (Wildman–Crippen MR) is 79.1 cm³/mol. The molecule has 20 heavy (non-hydrogen) atoms. The molecular weight excluding hydrogens is 255 g/mol. The number of benzene rings is 2. The number of aromatic amines is 1. The molecular formula is C15H15FN4. The zero-order valence-corrected chi connectivity index (χ0v) is 10.9. The number of hydrogen-bond acceptors (Lipinski definition) is 3. The first-order valence-corrected chi connectivity index (χ1v) is 6.44. The molecule has 4 nitrogen and oxygen atoms in total. The molecule has 3 aromatic rings. The molecule has 4 N–H and O–H groups in total. The molecule has 3 rings (SSSR count). The lowest BCUT2D eigenvalue weighted by atomic mass is 10.1. The Morgan fingerprint density at radius 2 is 1.95 bits per heavy atom. The Bertz CT molecular complexity index is 718. The monoisotopic (exact) mass is 270 g/mol. The van der Waals surface area contributed by atoms with Crippen LogP contribution in [0.1, 0.15) is 5.56 Å². The molecule has 0 spiro atoms. The van der Waals surface area contributed by atoms with E-state index in [1.807, 2.05) is 24.3 Å². The van der Waals surface area contributed by atoms with Gasteiger partial charge >= 0.3 is 0 Å². The average Bonchev–Trinajstić information content (AvgIpc) is 2.83. The summed E-state index contributed by atoms with van der Waals surface area (Å²) in [5.41, 5.74) is 9.05. The minimum atomic E-state index is -0.269. The van der Waals surface area contributed by atoms with Crippen LogP contribution in [0.15, 0.2) is 42.5 Å². The molecule has 102 valence electrons. The Hall–Kier alpha value is -2.56. The zero-order valence-electron chi connectivity index (χ0n) is 10.9. The van der Waals surface area contributed by atoms with Gasteiger partial charge in [-0.15, -0.1) is 0 Å². The van der Waals surface area contributed by atoms with E-state index in [1.165, 1.54) is 17.7 Å². The van der Waals surface area contributed by atoms with Crippen LogP contribution >= 0.6 is 0 Å². The predicted octanol–water partition coefficient (Wildman–Crippen LogP) is 2.94. The van der Waals surface area contributed by atoms with Crippen molar-refractivity contribution < 1.29 is 4.39 Å². The number of nitrogen functional groups attached to an aromatic ring is 1.